The number of nitrogen functional groups attached to an aromatic ring is 1. The molecular formula is C19H25ClN4O3S. The first-order valence-corrected chi connectivity index (χ1v) is 10.6. The molecule has 0 saturated carbocycles. The number of halogens is 1. The van der Waals surface area contributed by atoms with E-state index in [-0.39, 0.29) is 30.4 Å². The quantitative estimate of drug-likeness (QED) is 0.602. The number of anilines is 2. The number of carbonyl (C=O) groups is 1. The summed E-state index contributed by atoms with van der Waals surface area (Å²) in [5, 5.41) is 0.658. The van der Waals surface area contributed by atoms with Crippen LogP contribution in [0.5, 0.6) is 0 Å². The van der Waals surface area contributed by atoms with Crippen LogP contribution in [-0.4, -0.2) is 27.8 Å². The zero-order valence-corrected chi connectivity index (χ0v) is 17.6. The number of nitrogens with one attached hydrogen (secondary N) is 1. The van der Waals surface area contributed by atoms with Gasteiger partial charge in [0.2, 0.25) is 5.91 Å². The van der Waals surface area contributed by atoms with Crippen LogP contribution in [0, 0.1) is 0 Å². The molecule has 9 heteroatoms. The van der Waals surface area contributed by atoms with Crippen LogP contribution in [0.15, 0.2) is 38.8 Å². The van der Waals surface area contributed by atoms with Gasteiger partial charge < -0.3 is 10.6 Å². The largest absolute Gasteiger partial charge is 0.383 e. The summed E-state index contributed by atoms with van der Waals surface area (Å²) in [4.78, 5) is 41.8. The third kappa shape index (κ3) is 5.42. The maximum Gasteiger partial charge on any atom is 0.330 e. The first kappa shape index (κ1) is 22.1. The van der Waals surface area contributed by atoms with Gasteiger partial charge in [-0.05, 0) is 37.6 Å². The SMILES string of the molecule is CCCCn1c(N)c(N(CC)C(=O)CCSc2ccc(Cl)cc2)c(=O)[nH]c1=O. The highest BCUT2D eigenvalue weighted by molar-refractivity contribution is 7.99. The van der Waals surface area contributed by atoms with Crippen LogP contribution in [0.4, 0.5) is 11.5 Å². The van der Waals surface area contributed by atoms with Gasteiger partial charge in [0.1, 0.15) is 5.82 Å². The molecule has 28 heavy (non-hydrogen) atoms. The van der Waals surface area contributed by atoms with Crippen LogP contribution in [-0.2, 0) is 11.3 Å². The first-order valence-electron chi connectivity index (χ1n) is 9.20. The minimum Gasteiger partial charge on any atom is -0.383 e. The second-order valence-corrected chi connectivity index (χ2v) is 7.79. The Balaban J connectivity index is 2.16. The molecule has 0 radical (unpaired) electrons. The van der Waals surface area contributed by atoms with E-state index in [1.165, 1.54) is 21.2 Å². The number of aromatic nitrogens is 2. The highest BCUT2D eigenvalue weighted by Crippen LogP contribution is 2.23. The van der Waals surface area contributed by atoms with E-state index in [9.17, 15) is 14.4 Å². The van der Waals surface area contributed by atoms with Crippen LogP contribution >= 0.6 is 23.4 Å². The van der Waals surface area contributed by atoms with Crippen molar-refractivity contribution in [1.82, 2.24) is 9.55 Å². The lowest BCUT2D eigenvalue weighted by Crippen LogP contribution is -2.41. The molecule has 0 unspecified atom stereocenters. The number of hydrogen-bond acceptors (Lipinski definition) is 5. The molecule has 1 aromatic heterocycles. The molecule has 7 nitrogen and oxygen atoms in total. The molecule has 3 N–H and O–H groups in total. The Morgan fingerprint density at radius 1 is 1.25 bits per heavy atom. The topological polar surface area (TPSA) is 101 Å². The van der Waals surface area contributed by atoms with Crippen molar-refractivity contribution >= 4 is 40.8 Å². The zero-order chi connectivity index (χ0) is 20.7. The zero-order valence-electron chi connectivity index (χ0n) is 16.0. The molecular weight excluding hydrogens is 400 g/mol. The first-order chi connectivity index (χ1) is 13.4. The number of hydrogen-bond donors (Lipinski definition) is 2. The molecule has 0 bridgehead atoms. The number of nitrogens with two attached hydrogens (primary N) is 1. The summed E-state index contributed by atoms with van der Waals surface area (Å²) in [5.74, 6) is 0.356. The molecule has 2 rings (SSSR count). The van der Waals surface area contributed by atoms with E-state index in [4.69, 9.17) is 17.3 Å². The fraction of sp³-hybridized carbons (Fsp3) is 0.421. The highest BCUT2D eigenvalue weighted by atomic mass is 35.5. The van der Waals surface area contributed by atoms with Gasteiger partial charge in [0, 0.05) is 35.2 Å². The van der Waals surface area contributed by atoms with Gasteiger partial charge in [-0.25, -0.2) is 4.79 Å². The van der Waals surface area contributed by atoms with Crippen molar-refractivity contribution in [1.29, 1.82) is 0 Å². The number of H-pyrrole nitrogens is 1. The third-order valence-corrected chi connectivity index (χ3v) is 5.50. The van der Waals surface area contributed by atoms with E-state index >= 15 is 0 Å². The molecule has 1 heterocycles. The highest BCUT2D eigenvalue weighted by Gasteiger charge is 2.22. The van der Waals surface area contributed by atoms with Crippen molar-refractivity contribution in [3.63, 3.8) is 0 Å². The Labute approximate surface area is 172 Å². The Bertz CT molecular complexity index is 924. The molecule has 0 saturated heterocycles. The molecule has 2 aromatic rings. The Kier molecular flexibility index (Phi) is 8.19. The van der Waals surface area contributed by atoms with Crippen LogP contribution in [0.25, 0.3) is 0 Å². The summed E-state index contributed by atoms with van der Waals surface area (Å²) in [6.07, 6.45) is 1.85. The van der Waals surface area contributed by atoms with Gasteiger partial charge in [0.05, 0.1) is 0 Å². The van der Waals surface area contributed by atoms with E-state index < -0.39 is 11.2 Å². The van der Waals surface area contributed by atoms with Crippen LogP contribution in [0.1, 0.15) is 33.1 Å². The Hall–Kier alpha value is -2.19. The number of benzene rings is 1. The van der Waals surface area contributed by atoms with E-state index in [0.717, 1.165) is 17.7 Å². The average Bonchev–Trinajstić information content (AvgIpc) is 2.66. The lowest BCUT2D eigenvalue weighted by Gasteiger charge is -2.23. The predicted molar refractivity (Wildman–Crippen MR) is 115 cm³/mol. The van der Waals surface area contributed by atoms with Gasteiger partial charge in [-0.1, -0.05) is 24.9 Å². The lowest BCUT2D eigenvalue weighted by molar-refractivity contribution is -0.118. The summed E-state index contributed by atoms with van der Waals surface area (Å²) < 4.78 is 1.32. The molecule has 0 aliphatic carbocycles. The maximum absolute atomic E-state index is 12.7. The number of aromatic amines is 1. The van der Waals surface area contributed by atoms with E-state index in [1.807, 2.05) is 19.1 Å². The van der Waals surface area contributed by atoms with Crippen molar-refractivity contribution in [3.8, 4) is 0 Å². The van der Waals surface area contributed by atoms with Crippen LogP contribution < -0.4 is 21.9 Å². The van der Waals surface area contributed by atoms with Gasteiger partial charge in [-0.2, -0.15) is 0 Å². The van der Waals surface area contributed by atoms with Crippen molar-refractivity contribution in [2.75, 3.05) is 22.9 Å². The van der Waals surface area contributed by atoms with Gasteiger partial charge >= 0.3 is 5.69 Å². The fourth-order valence-electron chi connectivity index (χ4n) is 2.76. The maximum atomic E-state index is 12.7. The number of carbonyl (C=O) groups excluding carboxylic acids is 1. The van der Waals surface area contributed by atoms with Crippen molar-refractivity contribution in [2.45, 2.75) is 44.6 Å². The fourth-order valence-corrected chi connectivity index (χ4v) is 3.72. The molecule has 0 aliphatic rings. The molecule has 0 aliphatic heterocycles. The van der Waals surface area contributed by atoms with Crippen molar-refractivity contribution in [2.24, 2.45) is 0 Å². The van der Waals surface area contributed by atoms with Crippen molar-refractivity contribution < 1.29 is 4.79 Å². The summed E-state index contributed by atoms with van der Waals surface area (Å²) in [6.45, 7) is 4.44. The second-order valence-electron chi connectivity index (χ2n) is 6.19. The predicted octanol–water partition coefficient (Wildman–Crippen LogP) is 3.11. The number of thioether (sulfide) groups is 1. The Morgan fingerprint density at radius 2 is 1.93 bits per heavy atom. The number of nitrogens with zero attached hydrogens (tertiary/aromatic N) is 2. The van der Waals surface area contributed by atoms with Gasteiger partial charge in [0.25, 0.3) is 5.56 Å². The molecule has 1 amide bonds. The average molecular weight is 425 g/mol. The van der Waals surface area contributed by atoms with Crippen LogP contribution in [0.3, 0.4) is 0 Å². The lowest BCUT2D eigenvalue weighted by atomic mass is 10.3. The molecule has 152 valence electrons. The third-order valence-electron chi connectivity index (χ3n) is 4.23. The molecule has 0 spiro atoms. The summed E-state index contributed by atoms with van der Waals surface area (Å²) >= 11 is 7.40. The molecule has 0 fully saturated rings. The monoisotopic (exact) mass is 424 g/mol. The minimum absolute atomic E-state index is 0.0303. The van der Waals surface area contributed by atoms with Gasteiger partial charge in [0.15, 0.2) is 5.69 Å². The summed E-state index contributed by atoms with van der Waals surface area (Å²) in [7, 11) is 0. The molecule has 0 atom stereocenters. The van der Waals surface area contributed by atoms with E-state index in [2.05, 4.69) is 4.98 Å². The number of unbranched alkanes of at least 4 members (excludes halogenated alkanes) is 1. The molecule has 1 aromatic carbocycles. The van der Waals surface area contributed by atoms with Gasteiger partial charge in [-0.3, -0.25) is 19.1 Å². The Morgan fingerprint density at radius 3 is 2.54 bits per heavy atom. The van der Waals surface area contributed by atoms with Crippen molar-refractivity contribution in [3.05, 3.63) is 50.1 Å². The van der Waals surface area contributed by atoms with E-state index in [0.29, 0.717) is 17.3 Å². The van der Waals surface area contributed by atoms with E-state index in [1.54, 1.807) is 19.1 Å². The smallest absolute Gasteiger partial charge is 0.330 e. The number of amides is 1. The summed E-state index contributed by atoms with van der Waals surface area (Å²) in [5.41, 5.74) is 4.95. The van der Waals surface area contributed by atoms with Crippen LogP contribution in [0.2, 0.25) is 5.02 Å². The van der Waals surface area contributed by atoms with Gasteiger partial charge in [-0.15, -0.1) is 11.8 Å². The number of rotatable bonds is 9. The standard InChI is InChI=1S/C19H25ClN4O3S/c1-3-5-11-24-17(21)16(18(26)22-19(24)27)23(4-2)15(25)10-12-28-14-8-6-13(20)7-9-14/h6-9H,3-5,10-12,21H2,1-2H3,(H,22,26,27). The normalized spacial score (nSPS) is 10.8. The minimum atomic E-state index is -0.643. The summed E-state index contributed by atoms with van der Waals surface area (Å²) in [6, 6.07) is 7.37. The second kappa shape index (κ2) is 10.4.